The van der Waals surface area contributed by atoms with Crippen LogP contribution in [-0.4, -0.2) is 40.7 Å². The Bertz CT molecular complexity index is 453. The molecule has 1 fully saturated rings. The van der Waals surface area contributed by atoms with Crippen LogP contribution >= 0.6 is 0 Å². The number of nitrogens with two attached hydrogens (primary N) is 1. The SMILES string of the molecule is CCC1CN(c2ncnc(N)c2[N+](=O)[O-])CCO1. The van der Waals surface area contributed by atoms with Crippen molar-refractivity contribution in [3.63, 3.8) is 0 Å². The number of nitrogen functional groups attached to an aromatic ring is 1. The van der Waals surface area contributed by atoms with Crippen molar-refractivity contribution in [2.75, 3.05) is 30.3 Å². The monoisotopic (exact) mass is 253 g/mol. The van der Waals surface area contributed by atoms with Gasteiger partial charge in [-0.1, -0.05) is 6.92 Å². The maximum atomic E-state index is 11.0. The van der Waals surface area contributed by atoms with Gasteiger partial charge < -0.3 is 15.4 Å². The van der Waals surface area contributed by atoms with Crippen LogP contribution in [0.25, 0.3) is 0 Å². The highest BCUT2D eigenvalue weighted by Gasteiger charge is 2.29. The first kappa shape index (κ1) is 12.5. The number of ether oxygens (including phenoxy) is 1. The lowest BCUT2D eigenvalue weighted by atomic mass is 10.2. The van der Waals surface area contributed by atoms with E-state index in [4.69, 9.17) is 10.5 Å². The molecule has 1 aliphatic rings. The molecule has 0 bridgehead atoms. The molecule has 0 amide bonds. The molecule has 2 rings (SSSR count). The van der Waals surface area contributed by atoms with Gasteiger partial charge in [-0.05, 0) is 6.42 Å². The van der Waals surface area contributed by atoms with Crippen molar-refractivity contribution in [3.8, 4) is 0 Å². The highest BCUT2D eigenvalue weighted by atomic mass is 16.6. The first-order valence-electron chi connectivity index (χ1n) is 5.75. The number of rotatable bonds is 3. The predicted molar refractivity (Wildman–Crippen MR) is 65.3 cm³/mol. The Hall–Kier alpha value is -1.96. The van der Waals surface area contributed by atoms with Gasteiger partial charge in [0.2, 0.25) is 11.6 Å². The molecule has 8 heteroatoms. The molecule has 0 radical (unpaired) electrons. The van der Waals surface area contributed by atoms with Gasteiger partial charge in [-0.3, -0.25) is 10.1 Å². The fourth-order valence-electron chi connectivity index (χ4n) is 1.95. The van der Waals surface area contributed by atoms with E-state index >= 15 is 0 Å². The van der Waals surface area contributed by atoms with E-state index in [1.54, 1.807) is 0 Å². The Morgan fingerprint density at radius 2 is 2.44 bits per heavy atom. The fraction of sp³-hybridized carbons (Fsp3) is 0.600. The molecule has 0 aromatic carbocycles. The largest absolute Gasteiger partial charge is 0.378 e. The number of nitrogens with zero attached hydrogens (tertiary/aromatic N) is 4. The van der Waals surface area contributed by atoms with Gasteiger partial charge in [0.15, 0.2) is 0 Å². The summed E-state index contributed by atoms with van der Waals surface area (Å²) in [6.07, 6.45) is 2.16. The predicted octanol–water partition coefficient (Wildman–Crippen LogP) is 0.582. The van der Waals surface area contributed by atoms with E-state index in [2.05, 4.69) is 9.97 Å². The first-order valence-corrected chi connectivity index (χ1v) is 5.75. The second-order valence-electron chi connectivity index (χ2n) is 4.04. The molecule has 1 unspecified atom stereocenters. The molecule has 8 nitrogen and oxygen atoms in total. The Morgan fingerprint density at radius 3 is 3.11 bits per heavy atom. The minimum Gasteiger partial charge on any atom is -0.378 e. The summed E-state index contributed by atoms with van der Waals surface area (Å²) in [7, 11) is 0. The zero-order chi connectivity index (χ0) is 13.1. The third-order valence-electron chi connectivity index (χ3n) is 2.91. The Labute approximate surface area is 104 Å². The van der Waals surface area contributed by atoms with E-state index in [1.807, 2.05) is 11.8 Å². The number of hydrogen-bond donors (Lipinski definition) is 1. The molecule has 2 heterocycles. The molecule has 2 N–H and O–H groups in total. The molecule has 98 valence electrons. The number of hydrogen-bond acceptors (Lipinski definition) is 7. The molecular weight excluding hydrogens is 238 g/mol. The molecule has 1 atom stereocenters. The van der Waals surface area contributed by atoms with Crippen LogP contribution in [0.1, 0.15) is 13.3 Å². The molecule has 0 spiro atoms. The Morgan fingerprint density at radius 1 is 1.67 bits per heavy atom. The molecule has 0 saturated carbocycles. The highest BCUT2D eigenvalue weighted by molar-refractivity contribution is 5.68. The highest BCUT2D eigenvalue weighted by Crippen LogP contribution is 2.30. The van der Waals surface area contributed by atoms with Gasteiger partial charge in [0, 0.05) is 13.1 Å². The minimum atomic E-state index is -0.541. The number of nitro groups is 1. The van der Waals surface area contributed by atoms with Gasteiger partial charge in [-0.15, -0.1) is 0 Å². The van der Waals surface area contributed by atoms with Crippen molar-refractivity contribution in [1.82, 2.24) is 9.97 Å². The summed E-state index contributed by atoms with van der Waals surface area (Å²) >= 11 is 0. The molecule has 1 aromatic heterocycles. The second-order valence-corrected chi connectivity index (χ2v) is 4.04. The first-order chi connectivity index (χ1) is 8.63. The summed E-state index contributed by atoms with van der Waals surface area (Å²) < 4.78 is 5.52. The van der Waals surface area contributed by atoms with E-state index in [1.165, 1.54) is 6.33 Å². The second kappa shape index (κ2) is 5.13. The standard InChI is InChI=1S/C10H15N5O3/c1-2-7-5-14(3-4-18-7)10-8(15(16)17)9(11)12-6-13-10/h6-7H,2-5H2,1H3,(H2,11,12,13). The van der Waals surface area contributed by atoms with Crippen molar-refractivity contribution in [3.05, 3.63) is 16.4 Å². The third-order valence-corrected chi connectivity index (χ3v) is 2.91. The lowest BCUT2D eigenvalue weighted by molar-refractivity contribution is -0.383. The van der Waals surface area contributed by atoms with E-state index < -0.39 is 4.92 Å². The third kappa shape index (κ3) is 2.33. The maximum Gasteiger partial charge on any atom is 0.353 e. The number of aromatic nitrogens is 2. The Balaban J connectivity index is 2.32. The van der Waals surface area contributed by atoms with Crippen LogP contribution in [0.4, 0.5) is 17.3 Å². The van der Waals surface area contributed by atoms with Gasteiger partial charge in [-0.25, -0.2) is 9.97 Å². The zero-order valence-corrected chi connectivity index (χ0v) is 10.1. The number of anilines is 2. The average Bonchev–Trinajstić information content (AvgIpc) is 2.38. The van der Waals surface area contributed by atoms with Crippen molar-refractivity contribution in [2.24, 2.45) is 0 Å². The molecule has 1 aliphatic heterocycles. The van der Waals surface area contributed by atoms with Gasteiger partial charge in [0.05, 0.1) is 17.6 Å². The summed E-state index contributed by atoms with van der Waals surface area (Å²) in [5, 5.41) is 11.0. The van der Waals surface area contributed by atoms with E-state index in [0.717, 1.165) is 6.42 Å². The average molecular weight is 253 g/mol. The number of morpholine rings is 1. The minimum absolute atomic E-state index is 0.0644. The van der Waals surface area contributed by atoms with Crippen LogP contribution in [0.3, 0.4) is 0 Å². The van der Waals surface area contributed by atoms with Crippen LogP contribution in [0.5, 0.6) is 0 Å². The van der Waals surface area contributed by atoms with Crippen molar-refractivity contribution < 1.29 is 9.66 Å². The van der Waals surface area contributed by atoms with Gasteiger partial charge in [0.25, 0.3) is 0 Å². The van der Waals surface area contributed by atoms with E-state index in [9.17, 15) is 10.1 Å². The van der Waals surface area contributed by atoms with Crippen molar-refractivity contribution >= 4 is 17.3 Å². The molecule has 1 saturated heterocycles. The topological polar surface area (TPSA) is 107 Å². The lowest BCUT2D eigenvalue weighted by Crippen LogP contribution is -2.43. The zero-order valence-electron chi connectivity index (χ0n) is 10.1. The van der Waals surface area contributed by atoms with E-state index in [0.29, 0.717) is 19.7 Å². The van der Waals surface area contributed by atoms with Crippen molar-refractivity contribution in [1.29, 1.82) is 0 Å². The van der Waals surface area contributed by atoms with Crippen LogP contribution in [0.2, 0.25) is 0 Å². The molecule has 18 heavy (non-hydrogen) atoms. The van der Waals surface area contributed by atoms with Crippen LogP contribution in [-0.2, 0) is 4.74 Å². The molecular formula is C10H15N5O3. The van der Waals surface area contributed by atoms with Crippen molar-refractivity contribution in [2.45, 2.75) is 19.4 Å². The summed E-state index contributed by atoms with van der Waals surface area (Å²) in [6, 6.07) is 0. The summed E-state index contributed by atoms with van der Waals surface area (Å²) in [5.41, 5.74) is 5.32. The summed E-state index contributed by atoms with van der Waals surface area (Å²) in [6.45, 7) is 3.68. The van der Waals surface area contributed by atoms with E-state index in [-0.39, 0.29) is 23.4 Å². The normalized spacial score (nSPS) is 19.8. The smallest absolute Gasteiger partial charge is 0.353 e. The van der Waals surface area contributed by atoms with Crippen LogP contribution < -0.4 is 10.6 Å². The van der Waals surface area contributed by atoms with Crippen LogP contribution in [0.15, 0.2) is 6.33 Å². The quantitative estimate of drug-likeness (QED) is 0.620. The fourth-order valence-corrected chi connectivity index (χ4v) is 1.95. The van der Waals surface area contributed by atoms with Gasteiger partial charge >= 0.3 is 5.69 Å². The summed E-state index contributed by atoms with van der Waals surface area (Å²) in [4.78, 5) is 20.0. The Kier molecular flexibility index (Phi) is 3.56. The lowest BCUT2D eigenvalue weighted by Gasteiger charge is -2.32. The molecule has 0 aliphatic carbocycles. The molecule has 1 aromatic rings. The van der Waals surface area contributed by atoms with Gasteiger partial charge in [-0.2, -0.15) is 0 Å². The maximum absolute atomic E-state index is 11.0. The van der Waals surface area contributed by atoms with Gasteiger partial charge in [0.1, 0.15) is 6.33 Å². The summed E-state index contributed by atoms with van der Waals surface area (Å²) in [5.74, 6) is 0.166. The van der Waals surface area contributed by atoms with Crippen LogP contribution in [0, 0.1) is 10.1 Å².